The van der Waals surface area contributed by atoms with Crippen LogP contribution in [0.25, 0.3) is 0 Å². The van der Waals surface area contributed by atoms with Gasteiger partial charge in [0.1, 0.15) is 5.82 Å². The number of likely N-dealkylation sites (N-methyl/N-ethyl adjacent to an activating group) is 1. The van der Waals surface area contributed by atoms with Gasteiger partial charge >= 0.3 is 0 Å². The number of amides is 1. The Morgan fingerprint density at radius 1 is 1.10 bits per heavy atom. The summed E-state index contributed by atoms with van der Waals surface area (Å²) >= 11 is 6.28. The van der Waals surface area contributed by atoms with Crippen molar-refractivity contribution < 1.29 is 9.18 Å². The lowest BCUT2D eigenvalue weighted by atomic mass is 9.99. The van der Waals surface area contributed by atoms with Gasteiger partial charge in [0.15, 0.2) is 12.0 Å². The van der Waals surface area contributed by atoms with E-state index in [1.54, 1.807) is 41.3 Å². The van der Waals surface area contributed by atoms with E-state index < -0.39 is 12.0 Å². The van der Waals surface area contributed by atoms with Crippen LogP contribution in [0.15, 0.2) is 64.7 Å². The number of piperazine rings is 1. The van der Waals surface area contributed by atoms with Crippen molar-refractivity contribution in [2.75, 3.05) is 38.1 Å². The fraction of sp³-hybridized carbons (Fsp3) is 0.261. The van der Waals surface area contributed by atoms with Crippen molar-refractivity contribution in [1.82, 2.24) is 9.80 Å². The van der Waals surface area contributed by atoms with Crippen LogP contribution >= 0.6 is 11.6 Å². The van der Waals surface area contributed by atoms with Crippen molar-refractivity contribution in [3.63, 3.8) is 0 Å². The van der Waals surface area contributed by atoms with Crippen molar-refractivity contribution in [3.05, 3.63) is 76.7 Å². The third kappa shape index (κ3) is 3.39. The van der Waals surface area contributed by atoms with Crippen LogP contribution in [-0.2, 0) is 4.79 Å². The van der Waals surface area contributed by atoms with E-state index in [0.29, 0.717) is 39.1 Å². The van der Waals surface area contributed by atoms with Crippen molar-refractivity contribution in [2.24, 2.45) is 9.98 Å². The van der Waals surface area contributed by atoms with Gasteiger partial charge in [0.2, 0.25) is 0 Å². The number of nitrogens with zero attached hydrogens (tertiary/aromatic N) is 5. The maximum absolute atomic E-state index is 14.7. The minimum atomic E-state index is -0.616. The molecule has 0 saturated carbocycles. The molecule has 0 aliphatic carbocycles. The summed E-state index contributed by atoms with van der Waals surface area (Å²) in [6.07, 6.45) is -0.616. The van der Waals surface area contributed by atoms with Gasteiger partial charge in [-0.2, -0.15) is 0 Å². The molecule has 8 heteroatoms. The number of hydrogen-bond acceptors (Lipinski definition) is 5. The average Bonchev–Trinajstić information content (AvgIpc) is 3.04. The first-order valence-corrected chi connectivity index (χ1v) is 10.5. The van der Waals surface area contributed by atoms with E-state index in [9.17, 15) is 9.18 Å². The highest BCUT2D eigenvalue weighted by Gasteiger charge is 2.43. The Labute approximate surface area is 184 Å². The van der Waals surface area contributed by atoms with Crippen molar-refractivity contribution in [3.8, 4) is 0 Å². The van der Waals surface area contributed by atoms with Crippen molar-refractivity contribution in [1.29, 1.82) is 0 Å². The summed E-state index contributed by atoms with van der Waals surface area (Å²) in [4.78, 5) is 28.7. The van der Waals surface area contributed by atoms with Crippen LogP contribution in [0.5, 0.6) is 0 Å². The minimum Gasteiger partial charge on any atom is -0.304 e. The highest BCUT2D eigenvalue weighted by molar-refractivity contribution is 6.35. The number of anilines is 1. The van der Waals surface area contributed by atoms with Gasteiger partial charge in [0.05, 0.1) is 17.1 Å². The maximum Gasteiger partial charge on any atom is 0.272 e. The van der Waals surface area contributed by atoms with Crippen LogP contribution < -0.4 is 4.90 Å². The Balaban J connectivity index is 1.64. The molecule has 0 bridgehead atoms. The molecule has 2 aromatic rings. The predicted octanol–water partition coefficient (Wildman–Crippen LogP) is 3.16. The Morgan fingerprint density at radius 2 is 1.84 bits per heavy atom. The Bertz CT molecular complexity index is 1150. The number of carbonyl (C=O) groups is 1. The van der Waals surface area contributed by atoms with Gasteiger partial charge in [-0.25, -0.2) is 14.4 Å². The number of fused-ring (bicyclic) bond motifs is 3. The maximum atomic E-state index is 14.7. The first kappa shape index (κ1) is 20.1. The molecule has 3 heterocycles. The summed E-state index contributed by atoms with van der Waals surface area (Å²) in [6, 6.07) is 11.6. The van der Waals surface area contributed by atoms with Crippen LogP contribution in [0, 0.1) is 5.82 Å². The molecule has 1 fully saturated rings. The minimum absolute atomic E-state index is 0.158. The molecule has 158 valence electrons. The van der Waals surface area contributed by atoms with Gasteiger partial charge < -0.3 is 4.90 Å². The standard InChI is InChI=1S/C23H21ClFN5O/c1-14-21-27-22(29-11-9-28(2)10-12-29)23(31)30(21)19-8-7-15(24)13-17(19)20(26-14)16-5-3-4-6-18(16)25/h3-8,13,22H,1,9-12H2,2H3. The first-order valence-electron chi connectivity index (χ1n) is 10.1. The first-order chi connectivity index (χ1) is 14.9. The molecule has 0 N–H and O–H groups in total. The molecule has 2 aromatic carbocycles. The zero-order valence-electron chi connectivity index (χ0n) is 17.1. The van der Waals surface area contributed by atoms with E-state index >= 15 is 0 Å². The number of hydrogen-bond donors (Lipinski definition) is 0. The van der Waals surface area contributed by atoms with E-state index in [2.05, 4.69) is 28.4 Å². The van der Waals surface area contributed by atoms with Gasteiger partial charge in [-0.1, -0.05) is 30.3 Å². The molecular weight excluding hydrogens is 417 g/mol. The number of amidine groups is 1. The number of rotatable bonds is 2. The zero-order valence-corrected chi connectivity index (χ0v) is 17.8. The predicted molar refractivity (Wildman–Crippen MR) is 120 cm³/mol. The molecule has 1 amide bonds. The van der Waals surface area contributed by atoms with E-state index in [-0.39, 0.29) is 5.91 Å². The van der Waals surface area contributed by atoms with Gasteiger partial charge in [0, 0.05) is 42.3 Å². The average molecular weight is 438 g/mol. The molecule has 1 atom stereocenters. The lowest BCUT2D eigenvalue weighted by Gasteiger charge is -2.34. The second-order valence-corrected chi connectivity index (χ2v) is 8.32. The van der Waals surface area contributed by atoms with Crippen LogP contribution in [-0.4, -0.2) is 66.6 Å². The molecule has 6 nitrogen and oxygen atoms in total. The molecule has 0 aromatic heterocycles. The highest BCUT2D eigenvalue weighted by Crippen LogP contribution is 2.36. The molecule has 5 rings (SSSR count). The summed E-state index contributed by atoms with van der Waals surface area (Å²) in [5.74, 6) is -0.177. The summed E-state index contributed by atoms with van der Waals surface area (Å²) in [6.45, 7) is 7.31. The van der Waals surface area contributed by atoms with Crippen LogP contribution in [0.2, 0.25) is 5.02 Å². The second-order valence-electron chi connectivity index (χ2n) is 7.89. The van der Waals surface area contributed by atoms with Crippen molar-refractivity contribution >= 4 is 34.7 Å². The lowest BCUT2D eigenvalue weighted by Crippen LogP contribution is -2.52. The number of carbonyl (C=O) groups excluding carboxylic acids is 1. The summed E-state index contributed by atoms with van der Waals surface area (Å²) in [5, 5.41) is 0.469. The van der Waals surface area contributed by atoms with Crippen LogP contribution in [0.3, 0.4) is 0 Å². The number of benzene rings is 2. The summed E-state index contributed by atoms with van der Waals surface area (Å²) < 4.78 is 14.7. The lowest BCUT2D eigenvalue weighted by molar-refractivity contribution is -0.122. The molecule has 1 saturated heterocycles. The van der Waals surface area contributed by atoms with E-state index in [1.165, 1.54) is 6.07 Å². The van der Waals surface area contributed by atoms with Crippen LogP contribution in [0.1, 0.15) is 11.1 Å². The number of halogens is 2. The van der Waals surface area contributed by atoms with Gasteiger partial charge in [-0.3, -0.25) is 14.6 Å². The second kappa shape index (κ2) is 7.67. The molecule has 0 spiro atoms. The largest absolute Gasteiger partial charge is 0.304 e. The smallest absolute Gasteiger partial charge is 0.272 e. The topological polar surface area (TPSA) is 51.5 Å². The monoisotopic (exact) mass is 437 g/mol. The van der Waals surface area contributed by atoms with Gasteiger partial charge in [0.25, 0.3) is 5.91 Å². The molecule has 0 radical (unpaired) electrons. The molecule has 1 unspecified atom stereocenters. The normalized spacial score (nSPS) is 22.0. The van der Waals surface area contributed by atoms with Gasteiger partial charge in [-0.15, -0.1) is 0 Å². The fourth-order valence-electron chi connectivity index (χ4n) is 4.19. The van der Waals surface area contributed by atoms with Crippen molar-refractivity contribution in [2.45, 2.75) is 6.17 Å². The molecule has 3 aliphatic rings. The third-order valence-electron chi connectivity index (χ3n) is 5.87. The fourth-order valence-corrected chi connectivity index (χ4v) is 4.36. The van der Waals surface area contributed by atoms with Crippen LogP contribution in [0.4, 0.5) is 10.1 Å². The molecule has 3 aliphatic heterocycles. The Hall–Kier alpha value is -2.87. The quantitative estimate of drug-likeness (QED) is 0.725. The zero-order chi connectivity index (χ0) is 21.7. The third-order valence-corrected chi connectivity index (χ3v) is 6.10. The Kier molecular flexibility index (Phi) is 4.97. The van der Waals surface area contributed by atoms with Gasteiger partial charge in [-0.05, 0) is 37.4 Å². The van der Waals surface area contributed by atoms with E-state index in [4.69, 9.17) is 16.6 Å². The highest BCUT2D eigenvalue weighted by atomic mass is 35.5. The summed E-state index contributed by atoms with van der Waals surface area (Å²) in [5.41, 5.74) is 2.15. The van der Waals surface area contributed by atoms with E-state index in [1.807, 2.05) is 0 Å². The SMILES string of the molecule is C=C1N=C(c2ccccc2F)c2cc(Cl)ccc2N2C(=O)C(N3CCN(C)CC3)N=C12. The molecule has 31 heavy (non-hydrogen) atoms. The molecular formula is C23H21ClFN5O. The Morgan fingerprint density at radius 3 is 2.58 bits per heavy atom. The summed E-state index contributed by atoms with van der Waals surface area (Å²) in [7, 11) is 2.06. The van der Waals surface area contributed by atoms with E-state index in [0.717, 1.165) is 26.2 Å². The number of aliphatic imine (C=N–C) groups is 2.